The molecule has 98 valence electrons. The van der Waals surface area contributed by atoms with E-state index in [0.29, 0.717) is 13.0 Å². The number of hydrogen-bond acceptors (Lipinski definition) is 4. The minimum Gasteiger partial charge on any atom is -0.386 e. The normalized spacial score (nSPS) is 23.1. The first-order chi connectivity index (χ1) is 8.50. The fraction of sp³-hybridized carbons (Fsp3) is 0.455. The molecule has 1 unspecified atom stereocenters. The molecule has 1 aromatic heterocycles. The van der Waals surface area contributed by atoms with Crippen molar-refractivity contribution in [3.05, 3.63) is 28.8 Å². The quantitative estimate of drug-likeness (QED) is 0.798. The van der Waals surface area contributed by atoms with Crippen molar-refractivity contribution in [1.82, 2.24) is 10.3 Å². The molecule has 0 saturated carbocycles. The standard InChI is InChI=1S/C11H12ClFN2O3/c12-9-8(3-7(13)4-14-9)10(16)15-5-11(17)1-2-18-6-11/h3-4,17H,1-2,5-6H2,(H,15,16). The largest absolute Gasteiger partial charge is 0.386 e. The van der Waals surface area contributed by atoms with Gasteiger partial charge < -0.3 is 15.2 Å². The molecule has 1 amide bonds. The third kappa shape index (κ3) is 2.95. The summed E-state index contributed by atoms with van der Waals surface area (Å²) in [4.78, 5) is 15.3. The molecule has 0 aliphatic carbocycles. The fourth-order valence-corrected chi connectivity index (χ4v) is 1.85. The van der Waals surface area contributed by atoms with Crippen LogP contribution in [0.15, 0.2) is 12.3 Å². The lowest BCUT2D eigenvalue weighted by molar-refractivity contribution is 0.0264. The molecule has 1 saturated heterocycles. The number of nitrogens with one attached hydrogen (secondary N) is 1. The van der Waals surface area contributed by atoms with Crippen LogP contribution in [0.4, 0.5) is 4.39 Å². The van der Waals surface area contributed by atoms with Gasteiger partial charge >= 0.3 is 0 Å². The lowest BCUT2D eigenvalue weighted by Crippen LogP contribution is -2.43. The molecule has 0 radical (unpaired) electrons. The second kappa shape index (κ2) is 5.17. The molecule has 2 rings (SSSR count). The molecule has 18 heavy (non-hydrogen) atoms. The molecule has 2 heterocycles. The Hall–Kier alpha value is -1.24. The van der Waals surface area contributed by atoms with Crippen LogP contribution in [0.2, 0.25) is 5.15 Å². The maximum Gasteiger partial charge on any atom is 0.254 e. The van der Waals surface area contributed by atoms with Crippen LogP contribution in [0.5, 0.6) is 0 Å². The van der Waals surface area contributed by atoms with Crippen molar-refractivity contribution >= 4 is 17.5 Å². The van der Waals surface area contributed by atoms with Crippen LogP contribution in [0.1, 0.15) is 16.8 Å². The minimum atomic E-state index is -1.07. The minimum absolute atomic E-state index is 0.0265. The number of nitrogens with zero attached hydrogens (tertiary/aromatic N) is 1. The molecule has 2 N–H and O–H groups in total. The van der Waals surface area contributed by atoms with Crippen molar-refractivity contribution in [3.63, 3.8) is 0 Å². The zero-order valence-electron chi connectivity index (χ0n) is 9.45. The maximum absolute atomic E-state index is 13.0. The Morgan fingerprint density at radius 2 is 2.50 bits per heavy atom. The zero-order chi connectivity index (χ0) is 13.2. The third-order valence-corrected chi connectivity index (χ3v) is 3.01. The summed E-state index contributed by atoms with van der Waals surface area (Å²) in [5.41, 5.74) is -1.12. The lowest BCUT2D eigenvalue weighted by atomic mass is 10.0. The Morgan fingerprint density at radius 1 is 1.72 bits per heavy atom. The van der Waals surface area contributed by atoms with Gasteiger partial charge in [-0.15, -0.1) is 0 Å². The number of halogens is 2. The summed E-state index contributed by atoms with van der Waals surface area (Å²) >= 11 is 5.70. The number of pyridine rings is 1. The summed E-state index contributed by atoms with van der Waals surface area (Å²) in [5, 5.41) is 12.4. The molecule has 1 aromatic rings. The Bertz CT molecular complexity index is 464. The summed E-state index contributed by atoms with van der Waals surface area (Å²) in [6, 6.07) is 1.000. The molecular weight excluding hydrogens is 263 g/mol. The number of amides is 1. The molecule has 0 spiro atoms. The summed E-state index contributed by atoms with van der Waals surface area (Å²) < 4.78 is 18.0. The lowest BCUT2D eigenvalue weighted by Gasteiger charge is -2.20. The molecule has 0 bridgehead atoms. The number of aliphatic hydroxyl groups is 1. The van der Waals surface area contributed by atoms with Gasteiger partial charge in [0.2, 0.25) is 0 Å². The van der Waals surface area contributed by atoms with Crippen LogP contribution in [-0.2, 0) is 4.74 Å². The molecule has 1 aliphatic rings. The van der Waals surface area contributed by atoms with Gasteiger partial charge in [0, 0.05) is 19.6 Å². The van der Waals surface area contributed by atoms with Crippen LogP contribution < -0.4 is 5.32 Å². The van der Waals surface area contributed by atoms with Crippen molar-refractivity contribution in [2.45, 2.75) is 12.0 Å². The van der Waals surface area contributed by atoms with Gasteiger partial charge in [0.25, 0.3) is 5.91 Å². The van der Waals surface area contributed by atoms with E-state index in [1.54, 1.807) is 0 Å². The molecular formula is C11H12ClFN2O3. The molecule has 0 aromatic carbocycles. The average molecular weight is 275 g/mol. The van der Waals surface area contributed by atoms with E-state index >= 15 is 0 Å². The second-order valence-corrected chi connectivity index (χ2v) is 4.56. The van der Waals surface area contributed by atoms with Crippen molar-refractivity contribution < 1.29 is 19.0 Å². The first kappa shape index (κ1) is 13.2. The van der Waals surface area contributed by atoms with Gasteiger partial charge in [0.1, 0.15) is 16.6 Å². The molecule has 1 aliphatic heterocycles. The van der Waals surface area contributed by atoms with E-state index in [2.05, 4.69) is 10.3 Å². The van der Waals surface area contributed by atoms with E-state index in [9.17, 15) is 14.3 Å². The molecule has 1 fully saturated rings. The fourth-order valence-electron chi connectivity index (χ4n) is 1.66. The van der Waals surface area contributed by atoms with E-state index in [0.717, 1.165) is 12.3 Å². The Balaban J connectivity index is 2.01. The van der Waals surface area contributed by atoms with E-state index < -0.39 is 17.3 Å². The summed E-state index contributed by atoms with van der Waals surface area (Å²) in [6.45, 7) is 0.649. The van der Waals surface area contributed by atoms with Gasteiger partial charge in [-0.1, -0.05) is 11.6 Å². The number of hydrogen-bond donors (Lipinski definition) is 2. The highest BCUT2D eigenvalue weighted by atomic mass is 35.5. The van der Waals surface area contributed by atoms with Gasteiger partial charge in [-0.2, -0.15) is 0 Å². The summed E-state index contributed by atoms with van der Waals surface area (Å²) in [7, 11) is 0. The van der Waals surface area contributed by atoms with E-state index in [-0.39, 0.29) is 23.9 Å². The van der Waals surface area contributed by atoms with E-state index in [4.69, 9.17) is 16.3 Å². The monoisotopic (exact) mass is 274 g/mol. The summed E-state index contributed by atoms with van der Waals surface area (Å²) in [5.74, 6) is -1.22. The number of ether oxygens (including phenoxy) is 1. The highest BCUT2D eigenvalue weighted by Crippen LogP contribution is 2.18. The zero-order valence-corrected chi connectivity index (χ0v) is 10.2. The highest BCUT2D eigenvalue weighted by Gasteiger charge is 2.32. The number of rotatable bonds is 3. The summed E-state index contributed by atoms with van der Waals surface area (Å²) in [6.07, 6.45) is 1.37. The predicted molar refractivity (Wildman–Crippen MR) is 61.9 cm³/mol. The first-order valence-corrected chi connectivity index (χ1v) is 5.77. The topological polar surface area (TPSA) is 71.5 Å². The van der Waals surface area contributed by atoms with Gasteiger partial charge in [0.05, 0.1) is 18.4 Å². The van der Waals surface area contributed by atoms with Crippen LogP contribution in [-0.4, -0.2) is 41.4 Å². The number of carbonyl (C=O) groups excluding carboxylic acids is 1. The Kier molecular flexibility index (Phi) is 3.79. The van der Waals surface area contributed by atoms with Crippen molar-refractivity contribution in [2.24, 2.45) is 0 Å². The van der Waals surface area contributed by atoms with Crippen LogP contribution in [0.25, 0.3) is 0 Å². The highest BCUT2D eigenvalue weighted by molar-refractivity contribution is 6.32. The SMILES string of the molecule is O=C(NCC1(O)CCOC1)c1cc(F)cnc1Cl. The maximum atomic E-state index is 13.0. The molecule has 5 nitrogen and oxygen atoms in total. The molecule has 7 heteroatoms. The first-order valence-electron chi connectivity index (χ1n) is 5.40. The second-order valence-electron chi connectivity index (χ2n) is 4.20. The van der Waals surface area contributed by atoms with Crippen LogP contribution in [0, 0.1) is 5.82 Å². The van der Waals surface area contributed by atoms with E-state index in [1.807, 2.05) is 0 Å². The third-order valence-electron chi connectivity index (χ3n) is 2.71. The Morgan fingerprint density at radius 3 is 3.17 bits per heavy atom. The van der Waals surface area contributed by atoms with Gasteiger partial charge in [-0.25, -0.2) is 9.37 Å². The van der Waals surface area contributed by atoms with Crippen molar-refractivity contribution in [3.8, 4) is 0 Å². The van der Waals surface area contributed by atoms with Crippen LogP contribution >= 0.6 is 11.6 Å². The van der Waals surface area contributed by atoms with Crippen molar-refractivity contribution in [1.29, 1.82) is 0 Å². The van der Waals surface area contributed by atoms with Gasteiger partial charge in [-0.3, -0.25) is 4.79 Å². The van der Waals surface area contributed by atoms with E-state index in [1.165, 1.54) is 0 Å². The Labute approximate surface area is 108 Å². The predicted octanol–water partition coefficient (Wildman–Crippen LogP) is 0.755. The average Bonchev–Trinajstić information content (AvgIpc) is 2.77. The van der Waals surface area contributed by atoms with Gasteiger partial charge in [-0.05, 0) is 6.07 Å². The molecule has 1 atom stereocenters. The van der Waals surface area contributed by atoms with Crippen molar-refractivity contribution in [2.75, 3.05) is 19.8 Å². The smallest absolute Gasteiger partial charge is 0.254 e. The number of carbonyl (C=O) groups is 1. The van der Waals surface area contributed by atoms with Crippen LogP contribution in [0.3, 0.4) is 0 Å². The van der Waals surface area contributed by atoms with Gasteiger partial charge in [0.15, 0.2) is 0 Å². The number of aromatic nitrogens is 1.